The van der Waals surface area contributed by atoms with E-state index in [9.17, 15) is 0 Å². The first-order valence-corrected chi connectivity index (χ1v) is 5.42. The lowest BCUT2D eigenvalue weighted by Crippen LogP contribution is -2.14. The van der Waals surface area contributed by atoms with Crippen molar-refractivity contribution in [1.82, 2.24) is 10.2 Å². The van der Waals surface area contributed by atoms with Crippen molar-refractivity contribution in [1.29, 1.82) is 0 Å². The fourth-order valence-corrected chi connectivity index (χ4v) is 1.62. The van der Waals surface area contributed by atoms with Crippen molar-refractivity contribution in [2.24, 2.45) is 5.73 Å². The van der Waals surface area contributed by atoms with Gasteiger partial charge in [-0.05, 0) is 5.56 Å². The van der Waals surface area contributed by atoms with E-state index in [2.05, 4.69) is 10.2 Å². The predicted octanol–water partition coefficient (Wildman–Crippen LogP) is 1.72. The first-order chi connectivity index (χ1) is 7.85. The Kier molecular flexibility index (Phi) is 3.31. The summed E-state index contributed by atoms with van der Waals surface area (Å²) in [5.41, 5.74) is 6.87. The molecule has 2 N–H and O–H groups in total. The zero-order valence-corrected chi connectivity index (χ0v) is 9.26. The summed E-state index contributed by atoms with van der Waals surface area (Å²) in [6.45, 7) is 2.45. The van der Waals surface area contributed by atoms with Gasteiger partial charge in [0, 0.05) is 13.0 Å². The van der Waals surface area contributed by atoms with Gasteiger partial charge in [0.2, 0.25) is 11.8 Å². The van der Waals surface area contributed by atoms with Crippen molar-refractivity contribution in [3.05, 3.63) is 47.7 Å². The minimum atomic E-state index is -0.00556. The largest absolute Gasteiger partial charge is 0.425 e. The van der Waals surface area contributed by atoms with Crippen molar-refractivity contribution >= 4 is 0 Å². The van der Waals surface area contributed by atoms with Gasteiger partial charge in [-0.15, -0.1) is 10.2 Å². The molecular formula is C12H15N3O. The van der Waals surface area contributed by atoms with Gasteiger partial charge in [0.05, 0.1) is 5.92 Å². The molecule has 1 atom stereocenters. The van der Waals surface area contributed by atoms with Gasteiger partial charge in [0.25, 0.3) is 0 Å². The Morgan fingerprint density at radius 3 is 2.56 bits per heavy atom. The Labute approximate surface area is 94.5 Å². The lowest BCUT2D eigenvalue weighted by atomic mass is 9.99. The molecule has 2 rings (SSSR count). The molecule has 0 saturated carbocycles. The van der Waals surface area contributed by atoms with Crippen molar-refractivity contribution in [3.8, 4) is 0 Å². The minimum Gasteiger partial charge on any atom is -0.425 e. The zero-order chi connectivity index (χ0) is 11.4. The lowest BCUT2D eigenvalue weighted by molar-refractivity contribution is 0.437. The van der Waals surface area contributed by atoms with Crippen LogP contribution >= 0.6 is 0 Å². The fourth-order valence-electron chi connectivity index (χ4n) is 1.62. The Morgan fingerprint density at radius 1 is 1.25 bits per heavy atom. The van der Waals surface area contributed by atoms with E-state index in [4.69, 9.17) is 10.2 Å². The smallest absolute Gasteiger partial charge is 0.225 e. The molecule has 0 aliphatic rings. The van der Waals surface area contributed by atoms with Gasteiger partial charge in [0.1, 0.15) is 0 Å². The molecule has 0 bridgehead atoms. The third kappa shape index (κ3) is 2.12. The van der Waals surface area contributed by atoms with Crippen LogP contribution in [0.1, 0.15) is 30.2 Å². The molecule has 2 aromatic rings. The molecule has 1 aromatic heterocycles. The van der Waals surface area contributed by atoms with Gasteiger partial charge in [0.15, 0.2) is 0 Å². The molecule has 0 spiro atoms. The maximum Gasteiger partial charge on any atom is 0.225 e. The topological polar surface area (TPSA) is 64.9 Å². The highest BCUT2D eigenvalue weighted by atomic mass is 16.4. The van der Waals surface area contributed by atoms with E-state index in [-0.39, 0.29) is 5.92 Å². The number of nitrogens with two attached hydrogens (primary N) is 1. The fraction of sp³-hybridized carbons (Fsp3) is 0.333. The molecule has 1 heterocycles. The molecule has 0 saturated heterocycles. The quantitative estimate of drug-likeness (QED) is 0.846. The predicted molar refractivity (Wildman–Crippen MR) is 61.0 cm³/mol. The standard InChI is InChI=1S/C12H15N3O/c1-2-11-14-15-12(16-11)10(8-13)9-6-4-3-5-7-9/h3-7,10H,2,8,13H2,1H3. The molecule has 1 unspecified atom stereocenters. The van der Waals surface area contributed by atoms with E-state index < -0.39 is 0 Å². The van der Waals surface area contributed by atoms with E-state index in [0.717, 1.165) is 12.0 Å². The van der Waals surface area contributed by atoms with E-state index >= 15 is 0 Å². The summed E-state index contributed by atoms with van der Waals surface area (Å²) in [6, 6.07) is 9.98. The monoisotopic (exact) mass is 217 g/mol. The Hall–Kier alpha value is -1.68. The highest BCUT2D eigenvalue weighted by Crippen LogP contribution is 2.22. The Balaban J connectivity index is 2.29. The first-order valence-electron chi connectivity index (χ1n) is 5.42. The summed E-state index contributed by atoms with van der Waals surface area (Å²) in [4.78, 5) is 0. The van der Waals surface area contributed by atoms with Gasteiger partial charge in [-0.25, -0.2) is 0 Å². The molecule has 1 aromatic carbocycles. The van der Waals surface area contributed by atoms with Crippen molar-refractivity contribution in [2.45, 2.75) is 19.3 Å². The van der Waals surface area contributed by atoms with Gasteiger partial charge < -0.3 is 10.2 Å². The third-order valence-electron chi connectivity index (χ3n) is 2.52. The number of rotatable bonds is 4. The van der Waals surface area contributed by atoms with Gasteiger partial charge in [-0.1, -0.05) is 37.3 Å². The Morgan fingerprint density at radius 2 is 2.00 bits per heavy atom. The maximum atomic E-state index is 5.76. The lowest BCUT2D eigenvalue weighted by Gasteiger charge is -2.09. The molecule has 4 nitrogen and oxygen atoms in total. The summed E-state index contributed by atoms with van der Waals surface area (Å²) < 4.78 is 5.54. The molecule has 0 aliphatic carbocycles. The maximum absolute atomic E-state index is 5.76. The van der Waals surface area contributed by atoms with Gasteiger partial charge in [-0.2, -0.15) is 0 Å². The first kappa shape index (κ1) is 10.8. The molecule has 16 heavy (non-hydrogen) atoms. The Bertz CT molecular complexity index is 439. The van der Waals surface area contributed by atoms with E-state index in [1.807, 2.05) is 37.3 Å². The SMILES string of the molecule is CCc1nnc(C(CN)c2ccccc2)o1. The van der Waals surface area contributed by atoms with Crippen LogP contribution in [-0.4, -0.2) is 16.7 Å². The summed E-state index contributed by atoms with van der Waals surface area (Å²) in [7, 11) is 0. The summed E-state index contributed by atoms with van der Waals surface area (Å²) >= 11 is 0. The second-order valence-corrected chi connectivity index (χ2v) is 3.59. The molecule has 4 heteroatoms. The summed E-state index contributed by atoms with van der Waals surface area (Å²) in [6.07, 6.45) is 0.749. The molecule has 0 aliphatic heterocycles. The van der Waals surface area contributed by atoms with Crippen molar-refractivity contribution < 1.29 is 4.42 Å². The average molecular weight is 217 g/mol. The molecule has 0 amide bonds. The highest BCUT2D eigenvalue weighted by molar-refractivity contribution is 5.24. The van der Waals surface area contributed by atoms with Crippen molar-refractivity contribution in [3.63, 3.8) is 0 Å². The molecule has 0 radical (unpaired) electrons. The average Bonchev–Trinajstić information content (AvgIpc) is 2.80. The van der Waals surface area contributed by atoms with Crippen LogP contribution in [0.25, 0.3) is 0 Å². The van der Waals surface area contributed by atoms with Gasteiger partial charge >= 0.3 is 0 Å². The van der Waals surface area contributed by atoms with Crippen LogP contribution < -0.4 is 5.73 Å². The van der Waals surface area contributed by atoms with Crippen LogP contribution in [0.3, 0.4) is 0 Å². The van der Waals surface area contributed by atoms with E-state index in [1.165, 1.54) is 0 Å². The van der Waals surface area contributed by atoms with Crippen molar-refractivity contribution in [2.75, 3.05) is 6.54 Å². The van der Waals surface area contributed by atoms with Crippen LogP contribution in [0.4, 0.5) is 0 Å². The van der Waals surface area contributed by atoms with Crippen LogP contribution in [-0.2, 0) is 6.42 Å². The second-order valence-electron chi connectivity index (χ2n) is 3.59. The number of benzene rings is 1. The number of nitrogens with zero attached hydrogens (tertiary/aromatic N) is 2. The number of aryl methyl sites for hydroxylation is 1. The second kappa shape index (κ2) is 4.90. The zero-order valence-electron chi connectivity index (χ0n) is 9.26. The van der Waals surface area contributed by atoms with E-state index in [1.54, 1.807) is 0 Å². The van der Waals surface area contributed by atoms with Gasteiger partial charge in [-0.3, -0.25) is 0 Å². The normalized spacial score (nSPS) is 12.6. The molecule has 0 fully saturated rings. The molecular weight excluding hydrogens is 202 g/mol. The molecule has 84 valence electrons. The summed E-state index contributed by atoms with van der Waals surface area (Å²) in [5.74, 6) is 1.25. The van der Waals surface area contributed by atoms with Crippen LogP contribution in [0.2, 0.25) is 0 Å². The number of aromatic nitrogens is 2. The van der Waals surface area contributed by atoms with E-state index in [0.29, 0.717) is 18.3 Å². The van der Waals surface area contributed by atoms with Crippen LogP contribution in [0, 0.1) is 0 Å². The number of hydrogen-bond donors (Lipinski definition) is 1. The van der Waals surface area contributed by atoms with Crippen LogP contribution in [0.15, 0.2) is 34.7 Å². The summed E-state index contributed by atoms with van der Waals surface area (Å²) in [5, 5.41) is 7.99. The van der Waals surface area contributed by atoms with Crippen LogP contribution in [0.5, 0.6) is 0 Å². The minimum absolute atomic E-state index is 0.00556. The highest BCUT2D eigenvalue weighted by Gasteiger charge is 2.18. The number of hydrogen-bond acceptors (Lipinski definition) is 4. The third-order valence-corrected chi connectivity index (χ3v) is 2.52.